The molecule has 0 bridgehead atoms. The highest BCUT2D eigenvalue weighted by Gasteiger charge is 2.19. The molecule has 158 valence electrons. The average Bonchev–Trinajstić information content (AvgIpc) is 3.40. The van der Waals surface area contributed by atoms with Crippen molar-refractivity contribution in [2.45, 2.75) is 20.8 Å². The first-order chi connectivity index (χ1) is 15.0. The van der Waals surface area contributed by atoms with Gasteiger partial charge in [0, 0.05) is 39.7 Å². The molecule has 1 N–H and O–H groups in total. The van der Waals surface area contributed by atoms with E-state index in [-0.39, 0.29) is 11.7 Å². The van der Waals surface area contributed by atoms with Crippen molar-refractivity contribution in [2.75, 3.05) is 11.9 Å². The van der Waals surface area contributed by atoms with Crippen LogP contribution in [-0.2, 0) is 4.79 Å². The first kappa shape index (κ1) is 20.8. The standard InChI is InChI=1S/C24H21FN2O3S/c1-4-29-22-15(3)23-19(20(13-30-23)16-5-7-17(25)8-6-16)12-18(22)14(2)11-21(28)27-24-26-9-10-31-24/h5-13H,4H2,1-3H3,(H,26,27,28)/b14-11+. The summed E-state index contributed by atoms with van der Waals surface area (Å²) in [7, 11) is 0. The molecule has 0 aliphatic heterocycles. The largest absolute Gasteiger partial charge is 0.493 e. The molecule has 2 aromatic heterocycles. The Labute approximate surface area is 183 Å². The highest BCUT2D eigenvalue weighted by molar-refractivity contribution is 7.13. The fraction of sp³-hybridized carbons (Fsp3) is 0.167. The van der Waals surface area contributed by atoms with Crippen molar-refractivity contribution in [3.8, 4) is 16.9 Å². The molecule has 0 unspecified atom stereocenters. The number of nitrogens with one attached hydrogen (secondary N) is 1. The molecule has 7 heteroatoms. The van der Waals surface area contributed by atoms with E-state index in [0.717, 1.165) is 33.2 Å². The number of hydrogen-bond acceptors (Lipinski definition) is 5. The smallest absolute Gasteiger partial charge is 0.250 e. The maximum Gasteiger partial charge on any atom is 0.250 e. The number of anilines is 1. The van der Waals surface area contributed by atoms with Gasteiger partial charge < -0.3 is 9.15 Å². The molecule has 4 rings (SSSR count). The SMILES string of the molecule is CCOc1c(/C(C)=C/C(=O)Nc2nccs2)cc2c(-c3ccc(F)cc3)coc2c1C. The molecule has 5 nitrogen and oxygen atoms in total. The fourth-order valence-corrected chi connectivity index (χ4v) is 4.02. The number of carbonyl (C=O) groups is 1. The van der Waals surface area contributed by atoms with Crippen molar-refractivity contribution < 1.29 is 18.3 Å². The van der Waals surface area contributed by atoms with Gasteiger partial charge in [-0.2, -0.15) is 0 Å². The number of halogens is 1. The van der Waals surface area contributed by atoms with Crippen LogP contribution in [0.2, 0.25) is 0 Å². The Balaban J connectivity index is 1.81. The lowest BCUT2D eigenvalue weighted by atomic mass is 9.96. The second-order valence-electron chi connectivity index (χ2n) is 7.00. The van der Waals surface area contributed by atoms with Crippen LogP contribution >= 0.6 is 11.3 Å². The third-order valence-electron chi connectivity index (χ3n) is 4.92. The first-order valence-electron chi connectivity index (χ1n) is 9.80. The number of fused-ring (bicyclic) bond motifs is 1. The lowest BCUT2D eigenvalue weighted by Crippen LogP contribution is -2.08. The molecule has 0 radical (unpaired) electrons. The molecule has 0 aliphatic rings. The van der Waals surface area contributed by atoms with Crippen molar-refractivity contribution >= 4 is 38.9 Å². The Bertz CT molecular complexity index is 1260. The van der Waals surface area contributed by atoms with Crippen molar-refractivity contribution in [1.82, 2.24) is 4.98 Å². The first-order valence-corrected chi connectivity index (χ1v) is 10.7. The number of nitrogens with zero attached hydrogens (tertiary/aromatic N) is 1. The Hall–Kier alpha value is -3.45. The summed E-state index contributed by atoms with van der Waals surface area (Å²) < 4.78 is 25.2. The van der Waals surface area contributed by atoms with Crippen LogP contribution in [0.3, 0.4) is 0 Å². The van der Waals surface area contributed by atoms with Crippen molar-refractivity contribution in [1.29, 1.82) is 0 Å². The number of furan rings is 1. The van der Waals surface area contributed by atoms with E-state index >= 15 is 0 Å². The third kappa shape index (κ3) is 4.22. The van der Waals surface area contributed by atoms with Crippen LogP contribution < -0.4 is 10.1 Å². The number of benzene rings is 2. The van der Waals surface area contributed by atoms with Crippen LogP contribution in [-0.4, -0.2) is 17.5 Å². The molecular formula is C24H21FN2O3S. The number of hydrogen-bond donors (Lipinski definition) is 1. The third-order valence-corrected chi connectivity index (χ3v) is 5.61. The van der Waals surface area contributed by atoms with Gasteiger partial charge in [-0.1, -0.05) is 12.1 Å². The minimum absolute atomic E-state index is 0.265. The average molecular weight is 437 g/mol. The number of ether oxygens (including phenoxy) is 1. The Morgan fingerprint density at radius 2 is 2.10 bits per heavy atom. The summed E-state index contributed by atoms with van der Waals surface area (Å²) in [5, 5.41) is 5.97. The molecule has 2 aromatic carbocycles. The van der Waals surface area contributed by atoms with Gasteiger partial charge in [-0.3, -0.25) is 10.1 Å². The normalized spacial score (nSPS) is 11.7. The molecule has 0 atom stereocenters. The van der Waals surface area contributed by atoms with Crippen LogP contribution in [0.25, 0.3) is 27.7 Å². The van der Waals surface area contributed by atoms with E-state index in [9.17, 15) is 9.18 Å². The summed E-state index contributed by atoms with van der Waals surface area (Å²) in [4.78, 5) is 16.5. The van der Waals surface area contributed by atoms with Crippen molar-refractivity contribution in [3.05, 3.63) is 71.2 Å². The summed E-state index contributed by atoms with van der Waals surface area (Å²) in [6, 6.07) is 8.23. The number of aromatic nitrogens is 1. The predicted molar refractivity (Wildman–Crippen MR) is 122 cm³/mol. The van der Waals surface area contributed by atoms with Gasteiger partial charge in [-0.15, -0.1) is 11.3 Å². The summed E-state index contributed by atoms with van der Waals surface area (Å²) in [6.07, 6.45) is 4.83. The molecule has 0 fully saturated rings. The van der Waals surface area contributed by atoms with Gasteiger partial charge in [0.15, 0.2) is 5.13 Å². The number of allylic oxidation sites excluding steroid dienone is 1. The van der Waals surface area contributed by atoms with E-state index in [1.54, 1.807) is 30.0 Å². The van der Waals surface area contributed by atoms with E-state index in [4.69, 9.17) is 9.15 Å². The van der Waals surface area contributed by atoms with Gasteiger partial charge in [-0.25, -0.2) is 9.37 Å². The number of aryl methyl sites for hydroxylation is 1. The maximum atomic E-state index is 13.4. The van der Waals surface area contributed by atoms with Gasteiger partial charge in [0.2, 0.25) is 5.91 Å². The van der Waals surface area contributed by atoms with E-state index < -0.39 is 0 Å². The number of carbonyl (C=O) groups excluding carboxylic acids is 1. The minimum Gasteiger partial charge on any atom is -0.493 e. The molecule has 1 amide bonds. The lowest BCUT2D eigenvalue weighted by molar-refractivity contribution is -0.111. The maximum absolute atomic E-state index is 13.4. The predicted octanol–water partition coefficient (Wildman–Crippen LogP) is 6.44. The van der Waals surface area contributed by atoms with E-state index in [0.29, 0.717) is 23.1 Å². The quantitative estimate of drug-likeness (QED) is 0.353. The van der Waals surface area contributed by atoms with Gasteiger partial charge >= 0.3 is 0 Å². The molecule has 0 saturated heterocycles. The highest BCUT2D eigenvalue weighted by Crippen LogP contribution is 2.40. The van der Waals surface area contributed by atoms with Gasteiger partial charge in [0.1, 0.15) is 17.1 Å². The second kappa shape index (κ2) is 8.73. The minimum atomic E-state index is -0.294. The summed E-state index contributed by atoms with van der Waals surface area (Å²) >= 11 is 1.36. The monoisotopic (exact) mass is 436 g/mol. The number of amides is 1. The zero-order valence-corrected chi connectivity index (χ0v) is 18.2. The molecule has 0 saturated carbocycles. The topological polar surface area (TPSA) is 64.4 Å². The van der Waals surface area contributed by atoms with Crippen LogP contribution in [0.15, 0.2) is 58.7 Å². The van der Waals surface area contributed by atoms with Gasteiger partial charge in [0.05, 0.1) is 12.9 Å². The molecule has 0 spiro atoms. The number of rotatable bonds is 6. The zero-order chi connectivity index (χ0) is 22.0. The Morgan fingerprint density at radius 1 is 1.32 bits per heavy atom. The summed E-state index contributed by atoms with van der Waals surface area (Å²) in [5.41, 5.74) is 4.78. The van der Waals surface area contributed by atoms with Gasteiger partial charge in [-0.05, 0) is 50.1 Å². The van der Waals surface area contributed by atoms with Crippen molar-refractivity contribution in [2.24, 2.45) is 0 Å². The summed E-state index contributed by atoms with van der Waals surface area (Å²) in [6.45, 7) is 6.18. The van der Waals surface area contributed by atoms with E-state index in [1.807, 2.05) is 26.8 Å². The zero-order valence-electron chi connectivity index (χ0n) is 17.4. The number of thiazole rings is 1. The molecule has 4 aromatic rings. The molecule has 2 heterocycles. The molecule has 31 heavy (non-hydrogen) atoms. The van der Waals surface area contributed by atoms with Crippen LogP contribution in [0.4, 0.5) is 9.52 Å². The van der Waals surface area contributed by atoms with E-state index in [1.165, 1.54) is 29.5 Å². The fourth-order valence-electron chi connectivity index (χ4n) is 3.49. The molecular weight excluding hydrogens is 415 g/mol. The van der Waals surface area contributed by atoms with E-state index in [2.05, 4.69) is 10.3 Å². The Kier molecular flexibility index (Phi) is 5.86. The van der Waals surface area contributed by atoms with Crippen LogP contribution in [0.5, 0.6) is 5.75 Å². The van der Waals surface area contributed by atoms with Gasteiger partial charge in [0.25, 0.3) is 0 Å². The van der Waals surface area contributed by atoms with Crippen molar-refractivity contribution in [3.63, 3.8) is 0 Å². The molecule has 0 aliphatic carbocycles. The van der Waals surface area contributed by atoms with Crippen LogP contribution in [0, 0.1) is 12.7 Å². The lowest BCUT2D eigenvalue weighted by Gasteiger charge is -2.15. The second-order valence-corrected chi connectivity index (χ2v) is 7.89. The van der Waals surface area contributed by atoms with Crippen LogP contribution in [0.1, 0.15) is 25.0 Å². The highest BCUT2D eigenvalue weighted by atomic mass is 32.1. The Morgan fingerprint density at radius 3 is 2.77 bits per heavy atom. The summed E-state index contributed by atoms with van der Waals surface area (Å²) in [5.74, 6) is 0.112.